The third-order valence-electron chi connectivity index (χ3n) is 3.34. The van der Waals surface area contributed by atoms with Crippen molar-refractivity contribution >= 4 is 29.4 Å². The molecule has 0 saturated carbocycles. The largest absolute Gasteiger partial charge is 0.423 e. The third-order valence-corrected chi connectivity index (χ3v) is 3.70. The first kappa shape index (κ1) is 12.7. The van der Waals surface area contributed by atoms with E-state index in [-0.39, 0.29) is 19.3 Å². The maximum atomic E-state index is 13.2. The Labute approximate surface area is 115 Å². The second-order valence-corrected chi connectivity index (χ2v) is 4.95. The highest BCUT2D eigenvalue weighted by Crippen LogP contribution is 2.17. The van der Waals surface area contributed by atoms with Gasteiger partial charge in [-0.25, -0.2) is 4.39 Å². The van der Waals surface area contributed by atoms with E-state index in [0.29, 0.717) is 17.2 Å². The van der Waals surface area contributed by atoms with Gasteiger partial charge in [0.1, 0.15) is 5.82 Å². The SMILES string of the molecule is OCc1cc(B2OCc3cc(F)ccc32)ccc1Cl. The lowest BCUT2D eigenvalue weighted by molar-refractivity contribution is 0.282. The van der Waals surface area contributed by atoms with Crippen LogP contribution in [0.3, 0.4) is 0 Å². The molecule has 0 amide bonds. The zero-order valence-corrected chi connectivity index (χ0v) is 10.8. The second-order valence-electron chi connectivity index (χ2n) is 4.54. The van der Waals surface area contributed by atoms with Crippen LogP contribution in [0.1, 0.15) is 11.1 Å². The van der Waals surface area contributed by atoms with Crippen LogP contribution in [0.2, 0.25) is 5.02 Å². The molecule has 96 valence electrons. The van der Waals surface area contributed by atoms with Crippen molar-refractivity contribution in [3.63, 3.8) is 0 Å². The van der Waals surface area contributed by atoms with Gasteiger partial charge in [0.05, 0.1) is 13.2 Å². The van der Waals surface area contributed by atoms with Crippen molar-refractivity contribution in [3.05, 3.63) is 58.4 Å². The fraction of sp³-hybridized carbons (Fsp3) is 0.143. The monoisotopic (exact) mass is 276 g/mol. The molecule has 2 nitrogen and oxygen atoms in total. The molecule has 2 aromatic rings. The molecule has 2 aromatic carbocycles. The smallest absolute Gasteiger partial charge is 0.362 e. The summed E-state index contributed by atoms with van der Waals surface area (Å²) in [6, 6.07) is 10.1. The van der Waals surface area contributed by atoms with Gasteiger partial charge in [-0.15, -0.1) is 0 Å². The molecule has 3 rings (SSSR count). The van der Waals surface area contributed by atoms with Gasteiger partial charge in [-0.05, 0) is 40.3 Å². The fourth-order valence-electron chi connectivity index (χ4n) is 2.37. The van der Waals surface area contributed by atoms with Crippen LogP contribution in [-0.4, -0.2) is 12.0 Å². The first-order chi connectivity index (χ1) is 9.19. The minimum absolute atomic E-state index is 0.115. The van der Waals surface area contributed by atoms with Crippen molar-refractivity contribution in [2.45, 2.75) is 13.2 Å². The van der Waals surface area contributed by atoms with Gasteiger partial charge in [-0.1, -0.05) is 29.8 Å². The Kier molecular flexibility index (Phi) is 3.31. The Balaban J connectivity index is 2.01. The molecule has 1 aliphatic rings. The molecule has 0 saturated heterocycles. The van der Waals surface area contributed by atoms with Crippen LogP contribution in [-0.2, 0) is 17.9 Å². The van der Waals surface area contributed by atoms with Gasteiger partial charge in [0, 0.05) is 5.02 Å². The summed E-state index contributed by atoms with van der Waals surface area (Å²) in [4.78, 5) is 0. The number of aliphatic hydroxyl groups is 1. The van der Waals surface area contributed by atoms with E-state index in [4.69, 9.17) is 16.3 Å². The molecule has 19 heavy (non-hydrogen) atoms. The number of aliphatic hydroxyl groups excluding tert-OH is 1. The lowest BCUT2D eigenvalue weighted by Crippen LogP contribution is -2.41. The molecule has 0 radical (unpaired) electrons. The summed E-state index contributed by atoms with van der Waals surface area (Å²) >= 11 is 5.97. The van der Waals surface area contributed by atoms with Crippen LogP contribution < -0.4 is 10.9 Å². The Morgan fingerprint density at radius 1 is 1.26 bits per heavy atom. The average molecular weight is 277 g/mol. The number of benzene rings is 2. The molecule has 1 N–H and O–H groups in total. The number of hydrogen-bond donors (Lipinski definition) is 1. The number of fused-ring (bicyclic) bond motifs is 1. The average Bonchev–Trinajstić information content (AvgIpc) is 2.82. The van der Waals surface area contributed by atoms with E-state index in [9.17, 15) is 9.50 Å². The van der Waals surface area contributed by atoms with E-state index in [1.54, 1.807) is 12.1 Å². The first-order valence-corrected chi connectivity index (χ1v) is 6.36. The van der Waals surface area contributed by atoms with Crippen molar-refractivity contribution < 1.29 is 14.2 Å². The number of hydrogen-bond acceptors (Lipinski definition) is 2. The predicted molar refractivity (Wildman–Crippen MR) is 73.6 cm³/mol. The molecular formula is C14H11BClFO2. The van der Waals surface area contributed by atoms with Crippen molar-refractivity contribution in [1.29, 1.82) is 0 Å². The molecular weight excluding hydrogens is 265 g/mol. The molecule has 0 fully saturated rings. The Bertz CT molecular complexity index is 633. The fourth-order valence-corrected chi connectivity index (χ4v) is 2.55. The van der Waals surface area contributed by atoms with E-state index < -0.39 is 0 Å². The van der Waals surface area contributed by atoms with E-state index in [2.05, 4.69) is 0 Å². The molecule has 0 aliphatic carbocycles. The lowest BCUT2D eigenvalue weighted by atomic mass is 9.55. The van der Waals surface area contributed by atoms with Gasteiger partial charge < -0.3 is 9.76 Å². The predicted octanol–water partition coefficient (Wildman–Crippen LogP) is 1.61. The van der Waals surface area contributed by atoms with Gasteiger partial charge in [0.15, 0.2) is 0 Å². The van der Waals surface area contributed by atoms with Crippen LogP contribution in [0.15, 0.2) is 36.4 Å². The van der Waals surface area contributed by atoms with Crippen molar-refractivity contribution in [2.24, 2.45) is 0 Å². The molecule has 0 bridgehead atoms. The zero-order valence-electron chi connectivity index (χ0n) is 10.1. The van der Waals surface area contributed by atoms with E-state index >= 15 is 0 Å². The summed E-state index contributed by atoms with van der Waals surface area (Å²) in [5.41, 5.74) is 3.41. The van der Waals surface area contributed by atoms with Crippen LogP contribution in [0.4, 0.5) is 4.39 Å². The summed E-state index contributed by atoms with van der Waals surface area (Å²) in [6.07, 6.45) is 0. The normalized spacial score (nSPS) is 13.7. The minimum Gasteiger partial charge on any atom is -0.423 e. The summed E-state index contributed by atoms with van der Waals surface area (Å²) in [5.74, 6) is -0.254. The van der Waals surface area contributed by atoms with Crippen LogP contribution >= 0.6 is 11.6 Å². The van der Waals surface area contributed by atoms with Gasteiger partial charge in [-0.2, -0.15) is 0 Å². The van der Waals surface area contributed by atoms with Crippen molar-refractivity contribution in [3.8, 4) is 0 Å². The number of halogens is 2. The van der Waals surface area contributed by atoms with Gasteiger partial charge in [0.2, 0.25) is 0 Å². The summed E-state index contributed by atoms with van der Waals surface area (Å²) in [6.45, 7) is 0.0583. The van der Waals surface area contributed by atoms with Crippen LogP contribution in [0.25, 0.3) is 0 Å². The quantitative estimate of drug-likeness (QED) is 0.845. The standard InChI is InChI=1S/C14H11BClFO2/c16-14-4-1-11(5-9(14)7-18)15-13-3-2-12(17)6-10(13)8-19-15/h1-6,18H,7-8H2. The molecule has 0 unspecified atom stereocenters. The van der Waals surface area contributed by atoms with Crippen LogP contribution in [0, 0.1) is 5.82 Å². The molecule has 0 atom stereocenters. The summed E-state index contributed by atoms with van der Waals surface area (Å²) in [5, 5.41) is 9.77. The summed E-state index contributed by atoms with van der Waals surface area (Å²) in [7, 11) is 0. The maximum Gasteiger partial charge on any atom is 0.362 e. The molecule has 5 heteroatoms. The van der Waals surface area contributed by atoms with Crippen molar-refractivity contribution in [2.75, 3.05) is 0 Å². The topological polar surface area (TPSA) is 29.5 Å². The third kappa shape index (κ3) is 2.27. The maximum absolute atomic E-state index is 13.2. The van der Waals surface area contributed by atoms with Gasteiger partial charge in [0.25, 0.3) is 0 Å². The Morgan fingerprint density at radius 2 is 2.11 bits per heavy atom. The minimum atomic E-state index is -0.254. The highest BCUT2D eigenvalue weighted by molar-refractivity contribution is 6.81. The van der Waals surface area contributed by atoms with Gasteiger partial charge >= 0.3 is 6.92 Å². The second kappa shape index (κ2) is 4.97. The zero-order chi connectivity index (χ0) is 13.4. The molecule has 0 aromatic heterocycles. The molecule has 1 aliphatic heterocycles. The van der Waals surface area contributed by atoms with E-state index in [0.717, 1.165) is 16.5 Å². The molecule has 0 spiro atoms. The molecule has 1 heterocycles. The number of rotatable bonds is 2. The van der Waals surface area contributed by atoms with Gasteiger partial charge in [-0.3, -0.25) is 0 Å². The summed E-state index contributed by atoms with van der Waals surface area (Å²) < 4.78 is 18.9. The highest BCUT2D eigenvalue weighted by Gasteiger charge is 2.30. The van der Waals surface area contributed by atoms with Crippen molar-refractivity contribution in [1.82, 2.24) is 0 Å². The highest BCUT2D eigenvalue weighted by atomic mass is 35.5. The van der Waals surface area contributed by atoms with E-state index in [1.165, 1.54) is 12.1 Å². The Hall–Kier alpha value is -1.36. The Morgan fingerprint density at radius 3 is 2.89 bits per heavy atom. The lowest BCUT2D eigenvalue weighted by Gasteiger charge is -2.10. The first-order valence-electron chi connectivity index (χ1n) is 5.98. The van der Waals surface area contributed by atoms with E-state index in [1.807, 2.05) is 12.1 Å². The van der Waals surface area contributed by atoms with Crippen LogP contribution in [0.5, 0.6) is 0 Å².